The summed E-state index contributed by atoms with van der Waals surface area (Å²) in [4.78, 5) is 22.2. The minimum atomic E-state index is -1.04. The van der Waals surface area contributed by atoms with Gasteiger partial charge in [-0.2, -0.15) is 0 Å². The minimum Gasteiger partial charge on any atom is -0.465 e. The van der Waals surface area contributed by atoms with Crippen LogP contribution in [0.15, 0.2) is 18.2 Å². The zero-order chi connectivity index (χ0) is 12.0. The molecule has 17 heavy (non-hydrogen) atoms. The molecule has 2 aliphatic rings. The summed E-state index contributed by atoms with van der Waals surface area (Å²) >= 11 is 0. The number of carboxylic acid groups (broad SMARTS) is 1. The van der Waals surface area contributed by atoms with Gasteiger partial charge in [-0.3, -0.25) is 0 Å². The van der Waals surface area contributed by atoms with E-state index in [2.05, 4.69) is 5.32 Å². The van der Waals surface area contributed by atoms with Crippen LogP contribution in [0, 0.1) is 0 Å². The molecular formula is C12H11NO4. The van der Waals surface area contributed by atoms with Crippen molar-refractivity contribution in [3.8, 4) is 0 Å². The molecule has 5 nitrogen and oxygen atoms in total. The van der Waals surface area contributed by atoms with Crippen LogP contribution < -0.4 is 5.32 Å². The number of hydrogen-bond donors (Lipinski definition) is 2. The lowest BCUT2D eigenvalue weighted by atomic mass is 9.99. The third-order valence-electron chi connectivity index (χ3n) is 3.34. The summed E-state index contributed by atoms with van der Waals surface area (Å²) < 4.78 is 4.92. The molecule has 3 rings (SSSR count). The lowest BCUT2D eigenvalue weighted by molar-refractivity contribution is 0.0535. The summed E-state index contributed by atoms with van der Waals surface area (Å²) in [5, 5.41) is 11.3. The molecule has 1 saturated carbocycles. The minimum absolute atomic E-state index is 0.313. The van der Waals surface area contributed by atoms with Crippen LogP contribution in [0.4, 0.5) is 4.79 Å². The van der Waals surface area contributed by atoms with Gasteiger partial charge in [0.05, 0.1) is 11.1 Å². The van der Waals surface area contributed by atoms with Crippen molar-refractivity contribution >= 4 is 12.1 Å². The Balaban J connectivity index is 1.97. The van der Waals surface area contributed by atoms with E-state index < -0.39 is 11.6 Å². The van der Waals surface area contributed by atoms with E-state index in [0.29, 0.717) is 12.2 Å². The maximum absolute atomic E-state index is 11.4. The number of rotatable bonds is 2. The van der Waals surface area contributed by atoms with E-state index in [0.717, 1.165) is 24.0 Å². The smallest absolute Gasteiger partial charge is 0.405 e. The number of esters is 1. The van der Waals surface area contributed by atoms with Gasteiger partial charge >= 0.3 is 12.1 Å². The highest BCUT2D eigenvalue weighted by atomic mass is 16.5. The van der Waals surface area contributed by atoms with Crippen molar-refractivity contribution in [2.24, 2.45) is 0 Å². The molecule has 5 heteroatoms. The fraction of sp³-hybridized carbons (Fsp3) is 0.333. The second-order valence-corrected chi connectivity index (χ2v) is 4.46. The van der Waals surface area contributed by atoms with E-state index in [9.17, 15) is 9.59 Å². The highest BCUT2D eigenvalue weighted by Gasteiger charge is 2.46. The third kappa shape index (κ3) is 1.54. The number of carbonyl (C=O) groups excluding carboxylic acids is 1. The Hall–Kier alpha value is -2.04. The van der Waals surface area contributed by atoms with Crippen molar-refractivity contribution in [1.29, 1.82) is 0 Å². The molecule has 0 saturated heterocycles. The van der Waals surface area contributed by atoms with Crippen molar-refractivity contribution in [2.75, 3.05) is 0 Å². The van der Waals surface area contributed by atoms with Crippen LogP contribution in [-0.4, -0.2) is 17.2 Å². The van der Waals surface area contributed by atoms with Crippen LogP contribution in [0.2, 0.25) is 0 Å². The summed E-state index contributed by atoms with van der Waals surface area (Å²) in [6.45, 7) is 0.313. The van der Waals surface area contributed by atoms with Gasteiger partial charge in [-0.15, -0.1) is 0 Å². The van der Waals surface area contributed by atoms with Crippen LogP contribution in [0.3, 0.4) is 0 Å². The Morgan fingerprint density at radius 1 is 1.41 bits per heavy atom. The van der Waals surface area contributed by atoms with Crippen molar-refractivity contribution in [1.82, 2.24) is 5.32 Å². The molecule has 0 spiro atoms. The molecule has 1 fully saturated rings. The number of benzene rings is 1. The Kier molecular flexibility index (Phi) is 1.92. The number of hydrogen-bond acceptors (Lipinski definition) is 3. The molecule has 1 heterocycles. The molecule has 1 aliphatic carbocycles. The Morgan fingerprint density at radius 3 is 2.82 bits per heavy atom. The molecule has 1 aromatic rings. The van der Waals surface area contributed by atoms with Gasteiger partial charge in [0.25, 0.3) is 0 Å². The first-order valence-corrected chi connectivity index (χ1v) is 5.42. The zero-order valence-electron chi connectivity index (χ0n) is 9.03. The van der Waals surface area contributed by atoms with Crippen molar-refractivity contribution in [3.63, 3.8) is 0 Å². The third-order valence-corrected chi connectivity index (χ3v) is 3.34. The van der Waals surface area contributed by atoms with Gasteiger partial charge in [-0.25, -0.2) is 9.59 Å². The van der Waals surface area contributed by atoms with Crippen LogP contribution in [0.25, 0.3) is 0 Å². The van der Waals surface area contributed by atoms with Crippen molar-refractivity contribution < 1.29 is 19.4 Å². The van der Waals surface area contributed by atoms with E-state index in [-0.39, 0.29) is 5.97 Å². The fourth-order valence-electron chi connectivity index (χ4n) is 2.23. The molecule has 1 aliphatic heterocycles. The van der Waals surface area contributed by atoms with E-state index >= 15 is 0 Å². The van der Waals surface area contributed by atoms with Gasteiger partial charge in [-0.05, 0) is 24.5 Å². The van der Waals surface area contributed by atoms with Gasteiger partial charge in [0.2, 0.25) is 0 Å². The molecule has 0 bridgehead atoms. The number of fused-ring (bicyclic) bond motifs is 1. The summed E-state index contributed by atoms with van der Waals surface area (Å²) in [5.41, 5.74) is 1.77. The zero-order valence-corrected chi connectivity index (χ0v) is 9.03. The maximum atomic E-state index is 11.4. The molecule has 88 valence electrons. The Morgan fingerprint density at radius 2 is 2.18 bits per heavy atom. The lowest BCUT2D eigenvalue weighted by Gasteiger charge is -2.16. The molecule has 0 atom stereocenters. The van der Waals surface area contributed by atoms with Gasteiger partial charge < -0.3 is 15.2 Å². The van der Waals surface area contributed by atoms with E-state index in [4.69, 9.17) is 9.84 Å². The van der Waals surface area contributed by atoms with Gasteiger partial charge in [0.1, 0.15) is 6.61 Å². The molecule has 0 unspecified atom stereocenters. The first-order chi connectivity index (χ1) is 8.11. The van der Waals surface area contributed by atoms with E-state index in [1.165, 1.54) is 0 Å². The highest BCUT2D eigenvalue weighted by Crippen LogP contribution is 2.46. The van der Waals surface area contributed by atoms with Gasteiger partial charge in [-0.1, -0.05) is 12.1 Å². The molecule has 0 radical (unpaired) electrons. The number of nitrogens with one attached hydrogen (secondary N) is 1. The number of amides is 1. The van der Waals surface area contributed by atoms with E-state index in [1.54, 1.807) is 6.07 Å². The SMILES string of the molecule is O=C(O)NC1(c2ccc3c(c2)C(=O)OC3)CC1. The quantitative estimate of drug-likeness (QED) is 0.761. The number of cyclic esters (lactones) is 1. The lowest BCUT2D eigenvalue weighted by Crippen LogP contribution is -2.33. The Labute approximate surface area is 97.4 Å². The molecule has 1 amide bonds. The fourth-order valence-corrected chi connectivity index (χ4v) is 2.23. The monoisotopic (exact) mass is 233 g/mol. The summed E-state index contributed by atoms with van der Waals surface area (Å²) in [7, 11) is 0. The highest BCUT2D eigenvalue weighted by molar-refractivity contribution is 5.93. The van der Waals surface area contributed by atoms with Gasteiger partial charge in [0, 0.05) is 5.56 Å². The summed E-state index contributed by atoms with van der Waals surface area (Å²) in [6.07, 6.45) is 0.505. The van der Waals surface area contributed by atoms with Gasteiger partial charge in [0.15, 0.2) is 0 Å². The summed E-state index contributed by atoms with van der Waals surface area (Å²) in [5.74, 6) is -0.326. The topological polar surface area (TPSA) is 75.6 Å². The van der Waals surface area contributed by atoms with Crippen LogP contribution in [0.1, 0.15) is 34.3 Å². The number of ether oxygens (including phenoxy) is 1. The summed E-state index contributed by atoms with van der Waals surface area (Å²) in [6, 6.07) is 5.44. The average molecular weight is 233 g/mol. The first-order valence-electron chi connectivity index (χ1n) is 5.42. The second kappa shape index (κ2) is 3.23. The van der Waals surface area contributed by atoms with Crippen LogP contribution >= 0.6 is 0 Å². The van der Waals surface area contributed by atoms with Crippen molar-refractivity contribution in [3.05, 3.63) is 34.9 Å². The van der Waals surface area contributed by atoms with Crippen molar-refractivity contribution in [2.45, 2.75) is 25.0 Å². The standard InChI is InChI=1S/C12H11NO4/c14-10-9-5-8(2-1-7(9)6-17-10)12(3-4-12)13-11(15)16/h1-2,5,13H,3-4,6H2,(H,15,16). The van der Waals surface area contributed by atoms with Crippen LogP contribution in [0.5, 0.6) is 0 Å². The first kappa shape index (κ1) is 10.1. The van der Waals surface area contributed by atoms with Crippen LogP contribution in [-0.2, 0) is 16.9 Å². The number of carbonyl (C=O) groups is 2. The molecular weight excluding hydrogens is 222 g/mol. The largest absolute Gasteiger partial charge is 0.465 e. The average Bonchev–Trinajstić information content (AvgIpc) is 2.97. The molecule has 0 aromatic heterocycles. The predicted molar refractivity (Wildman–Crippen MR) is 57.6 cm³/mol. The normalized spacial score (nSPS) is 19.4. The second-order valence-electron chi connectivity index (χ2n) is 4.46. The maximum Gasteiger partial charge on any atom is 0.405 e. The predicted octanol–water partition coefficient (Wildman–Crippen LogP) is 1.61. The molecule has 2 N–H and O–H groups in total. The Bertz CT molecular complexity index is 519. The molecule has 1 aromatic carbocycles. The van der Waals surface area contributed by atoms with E-state index in [1.807, 2.05) is 12.1 Å².